The fraction of sp³-hybridized carbons (Fsp3) is 0.733. The van der Waals surface area contributed by atoms with Gasteiger partial charge in [0.15, 0.2) is 5.82 Å². The van der Waals surface area contributed by atoms with E-state index in [0.717, 1.165) is 19.3 Å². The molecule has 1 saturated heterocycles. The molecule has 1 aromatic heterocycles. The summed E-state index contributed by atoms with van der Waals surface area (Å²) < 4.78 is 5.13. The molecule has 2 rings (SSSR count). The highest BCUT2D eigenvalue weighted by atomic mass is 16.6. The van der Waals surface area contributed by atoms with Crippen LogP contribution in [0.1, 0.15) is 58.3 Å². The van der Waals surface area contributed by atoms with Gasteiger partial charge in [0.05, 0.1) is 6.04 Å². The summed E-state index contributed by atoms with van der Waals surface area (Å²) in [7, 11) is 0. The van der Waals surface area contributed by atoms with Crippen LogP contribution in [0.15, 0.2) is 4.79 Å². The van der Waals surface area contributed by atoms with Crippen LogP contribution in [0, 0.1) is 0 Å². The summed E-state index contributed by atoms with van der Waals surface area (Å²) in [5, 5.41) is 8.86. The molecule has 0 saturated carbocycles. The monoisotopic (exact) mass is 339 g/mol. The van der Waals surface area contributed by atoms with Gasteiger partial charge < -0.3 is 15.0 Å². The Kier molecular flexibility index (Phi) is 5.63. The molecule has 0 bridgehead atoms. The Labute approximate surface area is 140 Å². The normalized spacial score (nSPS) is 18.3. The fourth-order valence-corrected chi connectivity index (χ4v) is 2.68. The van der Waals surface area contributed by atoms with Crippen molar-refractivity contribution in [1.82, 2.24) is 25.4 Å². The quantitative estimate of drug-likeness (QED) is 0.758. The minimum atomic E-state index is -0.572. The minimum absolute atomic E-state index is 0.0837. The van der Waals surface area contributed by atoms with E-state index in [-0.39, 0.29) is 30.6 Å². The predicted octanol–water partition coefficient (Wildman–Crippen LogP) is 1.07. The topological polar surface area (TPSA) is 120 Å². The molecular formula is C15H25N5O4. The first-order valence-corrected chi connectivity index (χ1v) is 8.17. The number of aromatic amines is 2. The van der Waals surface area contributed by atoms with E-state index >= 15 is 0 Å². The molecule has 2 amide bonds. The number of nitrogens with one attached hydrogen (secondary N) is 3. The van der Waals surface area contributed by atoms with Crippen LogP contribution in [0.25, 0.3) is 0 Å². The van der Waals surface area contributed by atoms with Gasteiger partial charge in [0.25, 0.3) is 0 Å². The van der Waals surface area contributed by atoms with Crippen LogP contribution in [-0.4, -0.2) is 50.8 Å². The second-order valence-corrected chi connectivity index (χ2v) is 6.84. The van der Waals surface area contributed by atoms with Gasteiger partial charge in [0.1, 0.15) is 5.60 Å². The van der Waals surface area contributed by atoms with Gasteiger partial charge in [-0.3, -0.25) is 9.78 Å². The summed E-state index contributed by atoms with van der Waals surface area (Å²) in [4.78, 5) is 39.6. The van der Waals surface area contributed by atoms with Gasteiger partial charge in [-0.05, 0) is 40.0 Å². The Bertz CT molecular complexity index is 630. The predicted molar refractivity (Wildman–Crippen MR) is 86.4 cm³/mol. The van der Waals surface area contributed by atoms with E-state index in [2.05, 4.69) is 20.5 Å². The number of ether oxygens (including phenoxy) is 1. The van der Waals surface area contributed by atoms with Crippen molar-refractivity contribution in [3.8, 4) is 0 Å². The maximum absolute atomic E-state index is 12.5. The number of nitrogens with zero attached hydrogens (tertiary/aromatic N) is 2. The maximum Gasteiger partial charge on any atom is 0.407 e. The molecule has 0 spiro atoms. The van der Waals surface area contributed by atoms with Crippen LogP contribution in [0.2, 0.25) is 0 Å². The first-order valence-electron chi connectivity index (χ1n) is 8.17. The number of hydrogen-bond acceptors (Lipinski definition) is 5. The number of carbonyl (C=O) groups excluding carboxylic acids is 2. The van der Waals surface area contributed by atoms with Crippen molar-refractivity contribution in [3.63, 3.8) is 0 Å². The molecule has 24 heavy (non-hydrogen) atoms. The lowest BCUT2D eigenvalue weighted by Gasteiger charge is -2.34. The Hall–Kier alpha value is -2.32. The molecule has 134 valence electrons. The molecule has 3 N–H and O–H groups in total. The molecule has 2 heterocycles. The maximum atomic E-state index is 12.5. The van der Waals surface area contributed by atoms with Crippen molar-refractivity contribution in [2.45, 2.75) is 58.1 Å². The van der Waals surface area contributed by atoms with Gasteiger partial charge in [-0.15, -0.1) is 0 Å². The molecule has 1 aliphatic rings. The van der Waals surface area contributed by atoms with E-state index in [1.807, 2.05) is 0 Å². The van der Waals surface area contributed by atoms with Gasteiger partial charge in [-0.25, -0.2) is 14.7 Å². The first-order chi connectivity index (χ1) is 11.3. The minimum Gasteiger partial charge on any atom is -0.444 e. The van der Waals surface area contributed by atoms with Crippen molar-refractivity contribution >= 4 is 12.0 Å². The zero-order valence-corrected chi connectivity index (χ0v) is 14.3. The summed E-state index contributed by atoms with van der Waals surface area (Å²) in [5.74, 6) is 0.396. The number of H-pyrrole nitrogens is 2. The molecule has 0 aromatic carbocycles. The number of hydrogen-bond donors (Lipinski definition) is 3. The van der Waals surface area contributed by atoms with Crippen LogP contribution in [0.3, 0.4) is 0 Å². The molecule has 1 aromatic rings. The van der Waals surface area contributed by atoms with Crippen molar-refractivity contribution in [2.75, 3.05) is 13.1 Å². The average Bonchev–Trinajstić information content (AvgIpc) is 2.91. The molecule has 0 radical (unpaired) electrons. The smallest absolute Gasteiger partial charge is 0.407 e. The fourth-order valence-electron chi connectivity index (χ4n) is 2.68. The Morgan fingerprint density at radius 2 is 2.12 bits per heavy atom. The lowest BCUT2D eigenvalue weighted by molar-refractivity contribution is -0.135. The molecule has 9 heteroatoms. The number of carbonyl (C=O) groups is 2. The summed E-state index contributed by atoms with van der Waals surface area (Å²) >= 11 is 0. The third kappa shape index (κ3) is 5.10. The molecule has 1 atom stereocenters. The summed E-state index contributed by atoms with van der Waals surface area (Å²) in [6.07, 6.45) is 2.27. The lowest BCUT2D eigenvalue weighted by atomic mass is 10.0. The summed E-state index contributed by atoms with van der Waals surface area (Å²) in [6, 6.07) is -0.230. The number of aromatic nitrogens is 3. The van der Waals surface area contributed by atoms with Gasteiger partial charge in [0.2, 0.25) is 5.91 Å². The number of alkyl carbamates (subject to hydrolysis) is 1. The van der Waals surface area contributed by atoms with Crippen molar-refractivity contribution in [2.24, 2.45) is 0 Å². The third-order valence-electron chi connectivity index (χ3n) is 3.67. The molecule has 1 aliphatic heterocycles. The largest absolute Gasteiger partial charge is 0.444 e. The third-order valence-corrected chi connectivity index (χ3v) is 3.67. The Balaban J connectivity index is 1.88. The van der Waals surface area contributed by atoms with Crippen LogP contribution in [0.5, 0.6) is 0 Å². The van der Waals surface area contributed by atoms with E-state index in [0.29, 0.717) is 12.4 Å². The van der Waals surface area contributed by atoms with Crippen LogP contribution >= 0.6 is 0 Å². The highest BCUT2D eigenvalue weighted by molar-refractivity contribution is 5.77. The van der Waals surface area contributed by atoms with Crippen molar-refractivity contribution < 1.29 is 14.3 Å². The van der Waals surface area contributed by atoms with Crippen molar-refractivity contribution in [3.05, 3.63) is 16.3 Å². The number of amides is 2. The molecule has 9 nitrogen and oxygen atoms in total. The molecule has 1 fully saturated rings. The summed E-state index contributed by atoms with van der Waals surface area (Å²) in [5.41, 5.74) is -0.952. The second kappa shape index (κ2) is 7.50. The van der Waals surface area contributed by atoms with Gasteiger partial charge in [0, 0.05) is 19.5 Å². The van der Waals surface area contributed by atoms with E-state index in [1.54, 1.807) is 25.7 Å². The Morgan fingerprint density at radius 3 is 2.75 bits per heavy atom. The van der Waals surface area contributed by atoms with Gasteiger partial charge in [-0.2, -0.15) is 5.10 Å². The number of rotatable bonds is 4. The molecular weight excluding hydrogens is 314 g/mol. The zero-order valence-electron chi connectivity index (χ0n) is 14.3. The van der Waals surface area contributed by atoms with E-state index in [4.69, 9.17) is 4.74 Å². The number of piperidine rings is 1. The van der Waals surface area contributed by atoms with E-state index in [1.165, 1.54) is 0 Å². The second-order valence-electron chi connectivity index (χ2n) is 6.84. The van der Waals surface area contributed by atoms with E-state index < -0.39 is 11.7 Å². The first kappa shape index (κ1) is 18.0. The van der Waals surface area contributed by atoms with Crippen LogP contribution < -0.4 is 11.0 Å². The van der Waals surface area contributed by atoms with E-state index in [9.17, 15) is 14.4 Å². The van der Waals surface area contributed by atoms with Crippen molar-refractivity contribution in [1.29, 1.82) is 0 Å². The molecule has 0 unspecified atom stereocenters. The Morgan fingerprint density at radius 1 is 1.38 bits per heavy atom. The standard InChI is InChI=1S/C15H25N5O4/c1-15(2,3)24-14(23)16-8-7-11(21)20-9-5-4-6-10(20)12-17-13(22)19-18-12/h10H,4-9H2,1-3H3,(H,16,23)(H2,17,18,19,22)/t10-/m1/s1. The van der Waals surface area contributed by atoms with Crippen LogP contribution in [-0.2, 0) is 9.53 Å². The van der Waals surface area contributed by atoms with Gasteiger partial charge in [-0.1, -0.05) is 0 Å². The number of likely N-dealkylation sites (tertiary alicyclic amines) is 1. The summed E-state index contributed by atoms with van der Waals surface area (Å²) in [6.45, 7) is 6.15. The van der Waals surface area contributed by atoms with Crippen LogP contribution in [0.4, 0.5) is 4.79 Å². The zero-order chi connectivity index (χ0) is 17.7. The highest BCUT2D eigenvalue weighted by Gasteiger charge is 2.30. The average molecular weight is 339 g/mol. The molecule has 0 aliphatic carbocycles. The lowest BCUT2D eigenvalue weighted by Crippen LogP contribution is -2.41. The van der Waals surface area contributed by atoms with Gasteiger partial charge >= 0.3 is 11.8 Å². The highest BCUT2D eigenvalue weighted by Crippen LogP contribution is 2.28. The SMILES string of the molecule is CC(C)(C)OC(=O)NCCC(=O)N1CCCC[C@@H]1c1n[nH]c(=O)[nH]1.